The Labute approximate surface area is 264 Å². The van der Waals surface area contributed by atoms with Crippen LogP contribution in [0.3, 0.4) is 0 Å². The molecular formula is C36H31N2S4+. The van der Waals surface area contributed by atoms with E-state index in [0.717, 1.165) is 19.5 Å². The molecule has 0 spiro atoms. The van der Waals surface area contributed by atoms with E-state index in [4.69, 9.17) is 0 Å². The Hall–Kier alpha value is -3.00. The zero-order chi connectivity index (χ0) is 28.2. The number of quaternary nitrogens is 1. The van der Waals surface area contributed by atoms with E-state index in [1.807, 2.05) is 46.2 Å². The molecule has 0 saturated heterocycles. The molecule has 2 aliphatic heterocycles. The van der Waals surface area contributed by atoms with Gasteiger partial charge in [-0.15, -0.1) is 22.7 Å². The highest BCUT2D eigenvalue weighted by Crippen LogP contribution is 2.47. The van der Waals surface area contributed by atoms with Crippen LogP contribution in [0.4, 0.5) is 11.4 Å². The van der Waals surface area contributed by atoms with Gasteiger partial charge in [0.1, 0.15) is 5.69 Å². The first-order valence-electron chi connectivity index (χ1n) is 14.6. The molecule has 2 unspecified atom stereocenters. The van der Waals surface area contributed by atoms with Gasteiger partial charge in [0.2, 0.25) is 0 Å². The van der Waals surface area contributed by atoms with Crippen molar-refractivity contribution in [2.75, 3.05) is 18.0 Å². The van der Waals surface area contributed by atoms with Crippen LogP contribution in [0.15, 0.2) is 122 Å². The molecule has 1 aliphatic carbocycles. The van der Waals surface area contributed by atoms with Crippen LogP contribution < -0.4 is 9.80 Å². The Kier molecular flexibility index (Phi) is 6.92. The number of thiophene rings is 2. The van der Waals surface area contributed by atoms with Gasteiger partial charge in [-0.25, -0.2) is 0 Å². The molecule has 3 aliphatic rings. The van der Waals surface area contributed by atoms with E-state index in [1.165, 1.54) is 69.0 Å². The van der Waals surface area contributed by atoms with Crippen LogP contribution in [0.5, 0.6) is 0 Å². The summed E-state index contributed by atoms with van der Waals surface area (Å²) in [5.41, 5.74) is 9.61. The number of hydrogen-bond donors (Lipinski definition) is 1. The van der Waals surface area contributed by atoms with Crippen LogP contribution in [-0.2, 0) is 6.42 Å². The molecule has 0 fully saturated rings. The molecule has 0 radical (unpaired) electrons. The average Bonchev–Trinajstić information content (AvgIpc) is 3.80. The number of nitrogens with one attached hydrogen (secondary N) is 1. The van der Waals surface area contributed by atoms with E-state index >= 15 is 0 Å². The lowest BCUT2D eigenvalue weighted by Crippen LogP contribution is -3.08. The monoisotopic (exact) mass is 619 g/mol. The topological polar surface area (TPSA) is 7.68 Å². The molecule has 1 N–H and O–H groups in total. The molecule has 208 valence electrons. The van der Waals surface area contributed by atoms with Gasteiger partial charge in [0.15, 0.2) is 5.37 Å². The number of nitrogens with zero attached hydrogens (tertiary/aromatic N) is 1. The summed E-state index contributed by atoms with van der Waals surface area (Å²) in [6.45, 7) is 6.60. The molecule has 4 heterocycles. The second-order valence-corrected chi connectivity index (χ2v) is 15.0. The van der Waals surface area contributed by atoms with Crippen molar-refractivity contribution in [3.8, 4) is 11.1 Å². The van der Waals surface area contributed by atoms with Crippen molar-refractivity contribution in [2.24, 2.45) is 0 Å². The predicted octanol–water partition coefficient (Wildman–Crippen LogP) is 9.64. The molecule has 5 aromatic rings. The lowest BCUT2D eigenvalue weighted by atomic mass is 9.93. The molecule has 8 rings (SSSR count). The van der Waals surface area contributed by atoms with Crippen LogP contribution in [0.1, 0.15) is 24.3 Å². The van der Waals surface area contributed by atoms with Gasteiger partial charge in [-0.05, 0) is 89.4 Å². The number of benzene rings is 3. The Balaban J connectivity index is 1.13. The number of allylic oxidation sites excluding steroid dienone is 4. The van der Waals surface area contributed by atoms with Gasteiger partial charge in [0, 0.05) is 44.5 Å². The minimum Gasteiger partial charge on any atom is -0.335 e. The Morgan fingerprint density at radius 2 is 1.81 bits per heavy atom. The number of para-hydroxylation sites is 1. The first-order valence-corrected chi connectivity index (χ1v) is 18.0. The molecule has 2 aromatic heterocycles. The quantitative estimate of drug-likeness (QED) is 0.210. The molecule has 0 saturated carbocycles. The van der Waals surface area contributed by atoms with Crippen molar-refractivity contribution in [3.05, 3.63) is 123 Å². The van der Waals surface area contributed by atoms with E-state index in [2.05, 4.69) is 121 Å². The molecule has 42 heavy (non-hydrogen) atoms. The highest BCUT2D eigenvalue weighted by molar-refractivity contribution is 8.03. The lowest BCUT2D eigenvalue weighted by molar-refractivity contribution is -0.833. The maximum atomic E-state index is 2.55. The largest absolute Gasteiger partial charge is 0.335 e. The van der Waals surface area contributed by atoms with Gasteiger partial charge in [0.25, 0.3) is 0 Å². The highest BCUT2D eigenvalue weighted by Gasteiger charge is 2.34. The van der Waals surface area contributed by atoms with Gasteiger partial charge < -0.3 is 4.90 Å². The maximum Gasteiger partial charge on any atom is 0.163 e. The second-order valence-electron chi connectivity index (χ2n) is 10.8. The van der Waals surface area contributed by atoms with E-state index < -0.39 is 0 Å². The smallest absolute Gasteiger partial charge is 0.163 e. The van der Waals surface area contributed by atoms with Gasteiger partial charge in [0.05, 0.1) is 22.2 Å². The molecule has 2 atom stereocenters. The van der Waals surface area contributed by atoms with Crippen LogP contribution in [0, 0.1) is 0 Å². The third kappa shape index (κ3) is 4.52. The predicted molar refractivity (Wildman–Crippen MR) is 186 cm³/mol. The summed E-state index contributed by atoms with van der Waals surface area (Å²) in [6, 6.07) is 27.0. The minimum absolute atomic E-state index is 0.374. The van der Waals surface area contributed by atoms with Crippen LogP contribution >= 0.6 is 46.2 Å². The van der Waals surface area contributed by atoms with Crippen molar-refractivity contribution < 1.29 is 4.90 Å². The van der Waals surface area contributed by atoms with Crippen molar-refractivity contribution in [2.45, 2.75) is 35.4 Å². The average molecular weight is 620 g/mol. The third-order valence-electron chi connectivity index (χ3n) is 8.46. The van der Waals surface area contributed by atoms with Gasteiger partial charge in [-0.1, -0.05) is 66.0 Å². The van der Waals surface area contributed by atoms with Crippen molar-refractivity contribution in [1.82, 2.24) is 0 Å². The highest BCUT2D eigenvalue weighted by atomic mass is 32.2. The Morgan fingerprint density at radius 1 is 0.929 bits per heavy atom. The SMILES string of the molecule is CCN1/C(=C/C2=CC(=C/C3Sc4ccc(-c5csc6ccccc56)cc4[NH+]3CC)/Cc3sccc32)Sc2ccccc21. The number of thioether (sulfide) groups is 2. The summed E-state index contributed by atoms with van der Waals surface area (Å²) in [4.78, 5) is 8.23. The molecule has 0 bridgehead atoms. The number of hydrogen-bond acceptors (Lipinski definition) is 5. The lowest BCUT2D eigenvalue weighted by Gasteiger charge is -2.21. The van der Waals surface area contributed by atoms with Gasteiger partial charge >= 0.3 is 0 Å². The van der Waals surface area contributed by atoms with E-state index in [0.29, 0.717) is 5.37 Å². The summed E-state index contributed by atoms with van der Waals surface area (Å²) in [7, 11) is 0. The fourth-order valence-corrected chi connectivity index (χ4v) is 10.9. The minimum atomic E-state index is 0.374. The summed E-state index contributed by atoms with van der Waals surface area (Å²) >= 11 is 7.65. The zero-order valence-electron chi connectivity index (χ0n) is 23.6. The molecule has 2 nitrogen and oxygen atoms in total. The second kappa shape index (κ2) is 10.9. The summed E-state index contributed by atoms with van der Waals surface area (Å²) in [5, 5.41) is 7.63. The third-order valence-corrected chi connectivity index (χ3v) is 12.7. The summed E-state index contributed by atoms with van der Waals surface area (Å²) < 4.78 is 1.36. The normalized spacial score (nSPS) is 21.2. The first kappa shape index (κ1) is 26.6. The molecular weight excluding hydrogens is 589 g/mol. The number of anilines is 1. The molecule has 6 heteroatoms. The van der Waals surface area contributed by atoms with Crippen molar-refractivity contribution >= 4 is 73.2 Å². The fourth-order valence-electron chi connectivity index (χ4n) is 6.43. The summed E-state index contributed by atoms with van der Waals surface area (Å²) in [5.74, 6) is 0. The molecule has 3 aromatic carbocycles. The number of rotatable bonds is 5. The van der Waals surface area contributed by atoms with Crippen molar-refractivity contribution in [1.29, 1.82) is 0 Å². The Morgan fingerprint density at radius 3 is 2.71 bits per heavy atom. The van der Waals surface area contributed by atoms with E-state index in [9.17, 15) is 0 Å². The van der Waals surface area contributed by atoms with E-state index in [1.54, 1.807) is 4.90 Å². The van der Waals surface area contributed by atoms with Gasteiger partial charge in [-0.2, -0.15) is 0 Å². The Bertz CT molecular complexity index is 1920. The van der Waals surface area contributed by atoms with Crippen LogP contribution in [-0.4, -0.2) is 18.5 Å². The van der Waals surface area contributed by atoms with Crippen molar-refractivity contribution in [3.63, 3.8) is 0 Å². The standard InChI is InChI=1S/C36H30N2S4/c1-3-37-29-10-6-8-12-32(29)41-36(37)21-25-17-23(18-34-26(25)15-16-39-34)19-35-38(4-2)30-20-24(13-14-33(30)42-35)28-22-40-31-11-7-5-9-27(28)31/h5-17,19-22,35H,3-4,18H2,1-2H3/p+1/b23-19-,36-21-. The number of fused-ring (bicyclic) bond motifs is 4. The summed E-state index contributed by atoms with van der Waals surface area (Å²) in [6.07, 6.45) is 8.45. The van der Waals surface area contributed by atoms with Crippen LogP contribution in [0.25, 0.3) is 26.8 Å². The van der Waals surface area contributed by atoms with Gasteiger partial charge in [-0.3, -0.25) is 4.90 Å². The molecule has 0 amide bonds. The fraction of sp³-hybridized carbons (Fsp3) is 0.167. The number of likely N-dealkylation sites (N-methyl/N-ethyl adjacent to an activating group) is 1. The zero-order valence-corrected chi connectivity index (χ0v) is 26.9. The van der Waals surface area contributed by atoms with E-state index in [-0.39, 0.29) is 0 Å². The van der Waals surface area contributed by atoms with Crippen LogP contribution in [0.2, 0.25) is 0 Å². The maximum absolute atomic E-state index is 2.55. The first-order chi connectivity index (χ1) is 20.7.